The number of ether oxygens (including phenoxy) is 3. The summed E-state index contributed by atoms with van der Waals surface area (Å²) in [5, 5.41) is 14.6. The molecule has 10 nitrogen and oxygen atoms in total. The lowest BCUT2D eigenvalue weighted by atomic mass is 9.98. The number of carboxylic acids is 1. The number of esters is 1. The van der Waals surface area contributed by atoms with Gasteiger partial charge in [0.15, 0.2) is 0 Å². The number of alkyl carbamates (subject to hydrolysis) is 1. The SMILES string of the molecule is COC(=O)CC[C@H](NC(=O)[C@H](NC(=O)OCC1c2ccccc2-c2ccccc21)[C@H](C)OCc1ccccc1)C(=O)O. The Balaban J connectivity index is 1.45. The highest BCUT2D eigenvalue weighted by Gasteiger charge is 2.33. The van der Waals surface area contributed by atoms with E-state index in [1.165, 1.54) is 7.11 Å². The van der Waals surface area contributed by atoms with E-state index in [0.29, 0.717) is 0 Å². The predicted molar refractivity (Wildman–Crippen MR) is 154 cm³/mol. The van der Waals surface area contributed by atoms with Gasteiger partial charge in [-0.3, -0.25) is 9.59 Å². The maximum absolute atomic E-state index is 13.3. The van der Waals surface area contributed by atoms with Crippen molar-refractivity contribution in [3.63, 3.8) is 0 Å². The molecule has 42 heavy (non-hydrogen) atoms. The number of carbonyl (C=O) groups excluding carboxylic acids is 3. The van der Waals surface area contributed by atoms with Crippen molar-refractivity contribution >= 4 is 23.9 Å². The summed E-state index contributed by atoms with van der Waals surface area (Å²) in [6, 6.07) is 22.4. The Hall–Kier alpha value is -4.70. The molecule has 220 valence electrons. The van der Waals surface area contributed by atoms with Gasteiger partial charge in [0.25, 0.3) is 0 Å². The molecule has 0 unspecified atom stereocenters. The van der Waals surface area contributed by atoms with Crippen molar-refractivity contribution in [3.8, 4) is 11.1 Å². The third kappa shape index (κ3) is 7.52. The molecule has 10 heteroatoms. The molecule has 0 saturated carbocycles. The molecule has 2 amide bonds. The molecule has 3 aromatic carbocycles. The van der Waals surface area contributed by atoms with Crippen LogP contribution in [0.2, 0.25) is 0 Å². The number of amides is 2. The summed E-state index contributed by atoms with van der Waals surface area (Å²) >= 11 is 0. The van der Waals surface area contributed by atoms with Crippen molar-refractivity contribution in [1.82, 2.24) is 10.6 Å². The van der Waals surface area contributed by atoms with E-state index in [0.717, 1.165) is 27.8 Å². The fourth-order valence-corrected chi connectivity index (χ4v) is 4.94. The highest BCUT2D eigenvalue weighted by Crippen LogP contribution is 2.44. The minimum atomic E-state index is -1.38. The van der Waals surface area contributed by atoms with Crippen LogP contribution in [0.1, 0.15) is 42.4 Å². The van der Waals surface area contributed by atoms with E-state index in [1.54, 1.807) is 6.92 Å². The molecule has 3 atom stereocenters. The fourth-order valence-electron chi connectivity index (χ4n) is 4.94. The number of aliphatic carboxylic acids is 1. The molecule has 1 aliphatic carbocycles. The normalized spacial score (nSPS) is 14.0. The van der Waals surface area contributed by atoms with Crippen molar-refractivity contribution in [2.75, 3.05) is 13.7 Å². The van der Waals surface area contributed by atoms with E-state index in [4.69, 9.17) is 9.47 Å². The molecule has 3 aromatic rings. The largest absolute Gasteiger partial charge is 0.480 e. The Labute approximate surface area is 244 Å². The van der Waals surface area contributed by atoms with Gasteiger partial charge < -0.3 is 30.0 Å². The van der Waals surface area contributed by atoms with E-state index in [2.05, 4.69) is 15.4 Å². The lowest BCUT2D eigenvalue weighted by Gasteiger charge is -2.26. The number of rotatable bonds is 13. The van der Waals surface area contributed by atoms with Crippen LogP contribution in [0.15, 0.2) is 78.9 Å². The lowest BCUT2D eigenvalue weighted by Crippen LogP contribution is -2.56. The number of benzene rings is 3. The number of methoxy groups -OCH3 is 1. The van der Waals surface area contributed by atoms with Crippen LogP contribution in [-0.4, -0.2) is 60.9 Å². The lowest BCUT2D eigenvalue weighted by molar-refractivity contribution is -0.144. The smallest absolute Gasteiger partial charge is 0.407 e. The monoisotopic (exact) mass is 574 g/mol. The minimum Gasteiger partial charge on any atom is -0.480 e. The Bertz CT molecular complexity index is 1360. The Morgan fingerprint density at radius 1 is 0.857 bits per heavy atom. The summed E-state index contributed by atoms with van der Waals surface area (Å²) in [4.78, 5) is 49.7. The average Bonchev–Trinajstić information content (AvgIpc) is 3.33. The zero-order chi connectivity index (χ0) is 30.1. The second kappa shape index (κ2) is 14.3. The highest BCUT2D eigenvalue weighted by atomic mass is 16.6. The zero-order valence-electron chi connectivity index (χ0n) is 23.4. The average molecular weight is 575 g/mol. The van der Waals surface area contributed by atoms with Gasteiger partial charge in [0.1, 0.15) is 18.7 Å². The molecule has 4 rings (SSSR count). The van der Waals surface area contributed by atoms with Crippen molar-refractivity contribution in [1.29, 1.82) is 0 Å². The van der Waals surface area contributed by atoms with Crippen molar-refractivity contribution in [2.24, 2.45) is 0 Å². The van der Waals surface area contributed by atoms with Gasteiger partial charge in [0.2, 0.25) is 5.91 Å². The summed E-state index contributed by atoms with van der Waals surface area (Å²) in [6.45, 7) is 1.79. The van der Waals surface area contributed by atoms with Crippen LogP contribution in [0.25, 0.3) is 11.1 Å². The molecular formula is C32H34N2O8. The van der Waals surface area contributed by atoms with E-state index in [-0.39, 0.29) is 32.0 Å². The summed E-state index contributed by atoms with van der Waals surface area (Å²) in [5.41, 5.74) is 5.08. The summed E-state index contributed by atoms with van der Waals surface area (Å²) in [7, 11) is 1.19. The van der Waals surface area contributed by atoms with Crippen molar-refractivity contribution in [3.05, 3.63) is 95.6 Å². The molecular weight excluding hydrogens is 540 g/mol. The molecule has 0 spiro atoms. The van der Waals surface area contributed by atoms with E-state index in [1.807, 2.05) is 78.9 Å². The molecule has 0 bridgehead atoms. The fraction of sp³-hybridized carbons (Fsp3) is 0.312. The number of nitrogens with one attached hydrogen (secondary N) is 2. The molecule has 0 radical (unpaired) electrons. The van der Waals surface area contributed by atoms with Gasteiger partial charge in [0.05, 0.1) is 19.8 Å². The molecule has 0 aliphatic heterocycles. The van der Waals surface area contributed by atoms with Crippen molar-refractivity contribution < 1.29 is 38.5 Å². The van der Waals surface area contributed by atoms with Gasteiger partial charge in [0, 0.05) is 12.3 Å². The predicted octanol–water partition coefficient (Wildman–Crippen LogP) is 4.02. The van der Waals surface area contributed by atoms with Crippen LogP contribution in [0.3, 0.4) is 0 Å². The third-order valence-corrected chi connectivity index (χ3v) is 7.20. The quantitative estimate of drug-likeness (QED) is 0.260. The van der Waals surface area contributed by atoms with E-state index < -0.39 is 42.1 Å². The van der Waals surface area contributed by atoms with Crippen LogP contribution < -0.4 is 10.6 Å². The van der Waals surface area contributed by atoms with Gasteiger partial charge in [-0.2, -0.15) is 0 Å². The first-order valence-electron chi connectivity index (χ1n) is 13.7. The van der Waals surface area contributed by atoms with Gasteiger partial charge in [-0.15, -0.1) is 0 Å². The maximum Gasteiger partial charge on any atom is 0.407 e. The van der Waals surface area contributed by atoms with Crippen LogP contribution >= 0.6 is 0 Å². The maximum atomic E-state index is 13.3. The molecule has 3 N–H and O–H groups in total. The number of carboxylic acid groups (broad SMARTS) is 1. The minimum absolute atomic E-state index is 0.0321. The van der Waals surface area contributed by atoms with Crippen molar-refractivity contribution in [2.45, 2.75) is 50.5 Å². The first-order valence-corrected chi connectivity index (χ1v) is 13.7. The summed E-state index contributed by atoms with van der Waals surface area (Å²) in [5.74, 6) is -2.91. The number of hydrogen-bond acceptors (Lipinski definition) is 7. The molecule has 0 aromatic heterocycles. The number of hydrogen-bond donors (Lipinski definition) is 3. The third-order valence-electron chi connectivity index (χ3n) is 7.20. The standard InChI is InChI=1S/C32H34N2O8/c1-20(41-18-21-10-4-3-5-11-21)29(30(36)33-27(31(37)38)16-17-28(35)40-2)34-32(39)42-19-26-24-14-8-6-12-22(24)23-13-7-9-15-25(23)26/h3-15,20,26-27,29H,16-19H2,1-2H3,(H,33,36)(H,34,39)(H,37,38)/t20-,27-,29+/m0/s1. The first-order chi connectivity index (χ1) is 20.3. The summed E-state index contributed by atoms with van der Waals surface area (Å²) < 4.78 is 16.1. The van der Waals surface area contributed by atoms with Gasteiger partial charge >= 0.3 is 18.0 Å². The van der Waals surface area contributed by atoms with Gasteiger partial charge in [-0.25, -0.2) is 9.59 Å². The Morgan fingerprint density at radius 2 is 1.45 bits per heavy atom. The van der Waals surface area contributed by atoms with E-state index >= 15 is 0 Å². The highest BCUT2D eigenvalue weighted by molar-refractivity contribution is 5.90. The van der Waals surface area contributed by atoms with Crippen LogP contribution in [-0.2, 0) is 35.2 Å². The molecule has 1 aliphatic rings. The zero-order valence-corrected chi connectivity index (χ0v) is 23.4. The van der Waals surface area contributed by atoms with Crippen LogP contribution in [0.5, 0.6) is 0 Å². The van der Waals surface area contributed by atoms with E-state index in [9.17, 15) is 24.3 Å². The molecule has 0 fully saturated rings. The van der Waals surface area contributed by atoms with Crippen LogP contribution in [0.4, 0.5) is 4.79 Å². The second-order valence-corrected chi connectivity index (χ2v) is 9.96. The van der Waals surface area contributed by atoms with Gasteiger partial charge in [-0.1, -0.05) is 78.9 Å². The Kier molecular flexibility index (Phi) is 10.3. The molecule has 0 saturated heterocycles. The first kappa shape index (κ1) is 30.3. The summed E-state index contributed by atoms with van der Waals surface area (Å²) in [6.07, 6.45) is -2.11. The topological polar surface area (TPSA) is 140 Å². The second-order valence-electron chi connectivity index (χ2n) is 9.96. The number of fused-ring (bicyclic) bond motifs is 3. The Morgan fingerprint density at radius 3 is 2.05 bits per heavy atom. The number of carbonyl (C=O) groups is 4. The molecule has 0 heterocycles. The van der Waals surface area contributed by atoms with Crippen LogP contribution in [0, 0.1) is 0 Å². The van der Waals surface area contributed by atoms with Gasteiger partial charge in [-0.05, 0) is 41.2 Å².